The minimum Gasteiger partial charge on any atom is -0.379 e. The summed E-state index contributed by atoms with van der Waals surface area (Å²) in [6.45, 7) is 16.8. The average Bonchev–Trinajstić information content (AvgIpc) is 3.41. The summed E-state index contributed by atoms with van der Waals surface area (Å²) in [5.41, 5.74) is 4.74. The van der Waals surface area contributed by atoms with Crippen LogP contribution in [0, 0.1) is 0 Å². The zero-order valence-corrected chi connectivity index (χ0v) is 21.7. The first-order valence-electron chi connectivity index (χ1n) is 13.0. The van der Waals surface area contributed by atoms with Gasteiger partial charge in [-0.3, -0.25) is 14.9 Å². The van der Waals surface area contributed by atoms with Gasteiger partial charge in [-0.2, -0.15) is 0 Å². The molecule has 1 unspecified atom stereocenters. The summed E-state index contributed by atoms with van der Waals surface area (Å²) in [6, 6.07) is 6.41. The van der Waals surface area contributed by atoms with Crippen molar-refractivity contribution in [3.63, 3.8) is 0 Å². The number of aromatic nitrogens is 3. The summed E-state index contributed by atoms with van der Waals surface area (Å²) in [6.07, 6.45) is 8.41. The van der Waals surface area contributed by atoms with Gasteiger partial charge in [0.1, 0.15) is 5.84 Å². The van der Waals surface area contributed by atoms with Crippen LogP contribution in [0.25, 0.3) is 0 Å². The number of ether oxygens (including phenoxy) is 1. The molecular formula is C28H37N7O. The third kappa shape index (κ3) is 5.34. The van der Waals surface area contributed by atoms with E-state index in [2.05, 4.69) is 64.6 Å². The third-order valence-electron chi connectivity index (χ3n) is 7.31. The largest absolute Gasteiger partial charge is 0.379 e. The second-order valence-corrected chi connectivity index (χ2v) is 10.4. The molecular weight excluding hydrogens is 450 g/mol. The van der Waals surface area contributed by atoms with Crippen molar-refractivity contribution in [2.75, 3.05) is 44.7 Å². The molecule has 2 fully saturated rings. The molecule has 0 spiro atoms. The molecule has 0 bridgehead atoms. The van der Waals surface area contributed by atoms with Crippen LogP contribution >= 0.6 is 0 Å². The highest BCUT2D eigenvalue weighted by Crippen LogP contribution is 2.33. The van der Waals surface area contributed by atoms with Crippen LogP contribution in [0.1, 0.15) is 45.0 Å². The molecule has 190 valence electrons. The average molecular weight is 488 g/mol. The van der Waals surface area contributed by atoms with Crippen molar-refractivity contribution in [1.82, 2.24) is 24.8 Å². The number of amidine groups is 1. The van der Waals surface area contributed by atoms with E-state index in [1.54, 1.807) is 0 Å². The summed E-state index contributed by atoms with van der Waals surface area (Å²) in [7, 11) is 0. The van der Waals surface area contributed by atoms with Gasteiger partial charge in [-0.25, -0.2) is 9.97 Å². The Morgan fingerprint density at radius 3 is 2.78 bits per heavy atom. The van der Waals surface area contributed by atoms with E-state index in [0.29, 0.717) is 18.5 Å². The summed E-state index contributed by atoms with van der Waals surface area (Å²) in [5.74, 6) is 1.66. The lowest BCUT2D eigenvalue weighted by molar-refractivity contribution is -0.00489. The van der Waals surface area contributed by atoms with Crippen molar-refractivity contribution >= 4 is 17.5 Å². The lowest BCUT2D eigenvalue weighted by Crippen LogP contribution is -2.43. The van der Waals surface area contributed by atoms with Crippen LogP contribution < -0.4 is 5.32 Å². The molecule has 1 N–H and O–H groups in total. The van der Waals surface area contributed by atoms with E-state index >= 15 is 0 Å². The highest BCUT2D eigenvalue weighted by Gasteiger charge is 2.33. The van der Waals surface area contributed by atoms with Crippen LogP contribution in [-0.2, 0) is 16.7 Å². The van der Waals surface area contributed by atoms with Gasteiger partial charge in [0.2, 0.25) is 5.95 Å². The van der Waals surface area contributed by atoms with Crippen LogP contribution in [0.5, 0.6) is 0 Å². The number of dihydropyridines is 1. The Balaban J connectivity index is 1.33. The molecule has 0 amide bonds. The van der Waals surface area contributed by atoms with E-state index < -0.39 is 0 Å². The third-order valence-corrected chi connectivity index (χ3v) is 7.31. The van der Waals surface area contributed by atoms with Crippen molar-refractivity contribution in [1.29, 1.82) is 0 Å². The molecule has 2 aromatic heterocycles. The number of aliphatic imine (C=N–C) groups is 1. The minimum atomic E-state index is -0.327. The van der Waals surface area contributed by atoms with Gasteiger partial charge >= 0.3 is 0 Å². The number of hydrogen-bond donors (Lipinski definition) is 1. The molecule has 0 radical (unpaired) electrons. The van der Waals surface area contributed by atoms with Gasteiger partial charge in [0.15, 0.2) is 0 Å². The van der Waals surface area contributed by atoms with Crippen LogP contribution in [0.3, 0.4) is 0 Å². The summed E-state index contributed by atoms with van der Waals surface area (Å²) in [4.78, 5) is 23.8. The number of likely N-dealkylation sites (tertiary alicyclic amines) is 1. The number of rotatable bonds is 6. The molecule has 5 rings (SSSR count). The van der Waals surface area contributed by atoms with Crippen LogP contribution in [0.15, 0.2) is 59.4 Å². The second kappa shape index (κ2) is 10.5. The second-order valence-electron chi connectivity index (χ2n) is 10.4. The van der Waals surface area contributed by atoms with Gasteiger partial charge in [-0.1, -0.05) is 12.7 Å². The quantitative estimate of drug-likeness (QED) is 0.657. The maximum atomic E-state index is 5.56. The molecule has 8 heteroatoms. The molecule has 3 aliphatic rings. The standard InChI is InChI=1S/C28H37N7O/c1-20(2)24-16-28(4,19-31-26(24)34-11-5-6-12-34)25-8-10-30-27(33-25)32-22-7-9-29-23(15-22)17-35-13-14-36-18-21(35)3/h7-10,15-16,21H,1,5-6,11-14,17-19H2,2-4H3,(H,29,30,32,33)/t21-,28?/m0/s1. The Morgan fingerprint density at radius 2 is 2.00 bits per heavy atom. The van der Waals surface area contributed by atoms with Gasteiger partial charge in [0.05, 0.1) is 31.1 Å². The molecule has 36 heavy (non-hydrogen) atoms. The van der Waals surface area contributed by atoms with Crippen molar-refractivity contribution in [2.45, 2.75) is 51.6 Å². The number of nitrogens with zero attached hydrogens (tertiary/aromatic N) is 6. The van der Waals surface area contributed by atoms with E-state index in [4.69, 9.17) is 14.7 Å². The smallest absolute Gasteiger partial charge is 0.227 e. The highest BCUT2D eigenvalue weighted by molar-refractivity contribution is 6.03. The Hall–Kier alpha value is -3.10. The highest BCUT2D eigenvalue weighted by atomic mass is 16.5. The number of nitrogens with one attached hydrogen (secondary N) is 1. The van der Waals surface area contributed by atoms with Gasteiger partial charge < -0.3 is 15.0 Å². The van der Waals surface area contributed by atoms with Gasteiger partial charge in [0, 0.05) is 61.3 Å². The topological polar surface area (TPSA) is 78.8 Å². The predicted molar refractivity (Wildman–Crippen MR) is 144 cm³/mol. The minimum absolute atomic E-state index is 0.327. The number of anilines is 2. The van der Waals surface area contributed by atoms with Crippen molar-refractivity contribution in [3.8, 4) is 0 Å². The molecule has 0 aromatic carbocycles. The van der Waals surface area contributed by atoms with E-state index in [-0.39, 0.29) is 5.41 Å². The molecule has 2 saturated heterocycles. The number of hydrogen-bond acceptors (Lipinski definition) is 8. The Kier molecular flexibility index (Phi) is 7.16. The monoisotopic (exact) mass is 487 g/mol. The van der Waals surface area contributed by atoms with Crippen LogP contribution in [0.4, 0.5) is 11.6 Å². The van der Waals surface area contributed by atoms with Crippen molar-refractivity contribution < 1.29 is 4.74 Å². The Labute approximate surface area is 214 Å². The summed E-state index contributed by atoms with van der Waals surface area (Å²) < 4.78 is 5.56. The predicted octanol–water partition coefficient (Wildman–Crippen LogP) is 4.10. The zero-order chi connectivity index (χ0) is 25.1. The fraction of sp³-hybridized carbons (Fsp3) is 0.500. The van der Waals surface area contributed by atoms with Crippen molar-refractivity contribution in [2.24, 2.45) is 4.99 Å². The Bertz CT molecular complexity index is 1170. The first-order valence-corrected chi connectivity index (χ1v) is 13.0. The lowest BCUT2D eigenvalue weighted by Gasteiger charge is -2.33. The summed E-state index contributed by atoms with van der Waals surface area (Å²) in [5, 5.41) is 3.39. The lowest BCUT2D eigenvalue weighted by atomic mass is 9.81. The van der Waals surface area contributed by atoms with Gasteiger partial charge in [-0.15, -0.1) is 0 Å². The molecule has 2 atom stereocenters. The van der Waals surface area contributed by atoms with E-state index in [9.17, 15) is 0 Å². The first kappa shape index (κ1) is 24.6. The maximum Gasteiger partial charge on any atom is 0.227 e. The van der Waals surface area contributed by atoms with E-state index in [1.165, 1.54) is 12.8 Å². The molecule has 8 nitrogen and oxygen atoms in total. The first-order chi connectivity index (χ1) is 17.4. The fourth-order valence-corrected chi connectivity index (χ4v) is 5.13. The molecule has 0 aliphatic carbocycles. The zero-order valence-electron chi connectivity index (χ0n) is 21.7. The van der Waals surface area contributed by atoms with E-state index in [0.717, 1.165) is 73.4 Å². The maximum absolute atomic E-state index is 5.56. The van der Waals surface area contributed by atoms with E-state index in [1.807, 2.05) is 24.5 Å². The number of morpholine rings is 1. The normalized spacial score (nSPS) is 24.9. The molecule has 5 heterocycles. The van der Waals surface area contributed by atoms with Gasteiger partial charge in [-0.05, 0) is 57.4 Å². The van der Waals surface area contributed by atoms with Gasteiger partial charge in [0.25, 0.3) is 0 Å². The number of pyridine rings is 1. The van der Waals surface area contributed by atoms with Crippen LogP contribution in [-0.4, -0.2) is 76.0 Å². The molecule has 2 aromatic rings. The SMILES string of the molecule is C=C(C)C1=CC(C)(c2ccnc(Nc3ccnc(CN4CCOC[C@@H]4C)c3)n2)CN=C1N1CCCC1. The fourth-order valence-electron chi connectivity index (χ4n) is 5.13. The Morgan fingerprint density at radius 1 is 1.19 bits per heavy atom. The molecule has 3 aliphatic heterocycles. The van der Waals surface area contributed by atoms with Crippen molar-refractivity contribution in [3.05, 3.63) is 65.8 Å². The molecule has 0 saturated carbocycles. The van der Waals surface area contributed by atoms with Crippen LogP contribution in [0.2, 0.25) is 0 Å². The summed E-state index contributed by atoms with van der Waals surface area (Å²) >= 11 is 0.